The summed E-state index contributed by atoms with van der Waals surface area (Å²) in [6.07, 6.45) is 13.1. The maximum atomic E-state index is 12.6. The first kappa shape index (κ1) is 29.5. The smallest absolute Gasteiger partial charge is 0.238 e. The van der Waals surface area contributed by atoms with E-state index in [9.17, 15) is 9.47 Å². The molecule has 0 aromatic rings. The van der Waals surface area contributed by atoms with Crippen LogP contribution in [0.1, 0.15) is 73.1 Å². The highest BCUT2D eigenvalue weighted by molar-refractivity contribution is 7.62. The highest BCUT2D eigenvalue weighted by Crippen LogP contribution is 2.51. The van der Waals surface area contributed by atoms with Gasteiger partial charge in [-0.1, -0.05) is 31.0 Å². The molecule has 2 aliphatic rings. The number of hydrogen-bond acceptors (Lipinski definition) is 6. The number of rotatable bonds is 11. The van der Waals surface area contributed by atoms with Crippen molar-refractivity contribution >= 4 is 33.9 Å². The molecule has 0 radical (unpaired) electrons. The molecular weight excluding hydrogens is 478 g/mol. The Morgan fingerprint density at radius 2 is 1.89 bits per heavy atom. The second-order valence-corrected chi connectivity index (χ2v) is 13.1. The molecule has 0 bridgehead atoms. The predicted octanol–water partition coefficient (Wildman–Crippen LogP) is 7.54. The second-order valence-electron chi connectivity index (χ2n) is 10.00. The van der Waals surface area contributed by atoms with Gasteiger partial charge in [-0.15, -0.1) is 14.1 Å². The minimum Gasteiger partial charge on any atom is -0.464 e. The fourth-order valence-corrected chi connectivity index (χ4v) is 7.22. The van der Waals surface area contributed by atoms with E-state index in [4.69, 9.17) is 15.1 Å². The zero-order valence-corrected chi connectivity index (χ0v) is 24.0. The monoisotopic (exact) mass is 520 g/mol. The molecule has 0 spiro atoms. The molecule has 35 heavy (non-hydrogen) atoms. The van der Waals surface area contributed by atoms with Crippen molar-refractivity contribution in [3.05, 3.63) is 40.2 Å². The molecule has 0 saturated heterocycles. The summed E-state index contributed by atoms with van der Waals surface area (Å²) >= 11 is 0. The molecule has 1 fully saturated rings. The Balaban J connectivity index is 2.14. The van der Waals surface area contributed by atoms with Crippen molar-refractivity contribution in [2.24, 2.45) is 26.8 Å². The van der Waals surface area contributed by atoms with Crippen LogP contribution in [0.2, 0.25) is 0 Å². The molecule has 0 aromatic carbocycles. The average molecular weight is 521 g/mol. The number of nitroso groups, excluding NO2 is 1. The summed E-state index contributed by atoms with van der Waals surface area (Å²) in [5.74, 6) is 3.26. The number of aliphatic imine (C=N–C) groups is 2. The molecule has 1 aliphatic carbocycles. The van der Waals surface area contributed by atoms with Gasteiger partial charge in [-0.25, -0.2) is 4.99 Å². The molecule has 0 aromatic heterocycles. The van der Waals surface area contributed by atoms with Crippen LogP contribution >= 0.6 is 16.5 Å². The number of nitrogens with one attached hydrogen (secondary N) is 1. The molecule has 2 atom stereocenters. The second kappa shape index (κ2) is 13.6. The summed E-state index contributed by atoms with van der Waals surface area (Å²) in [6.45, 7) is 10.1. The average Bonchev–Trinajstić information content (AvgIpc) is 2.79. The molecule has 1 aliphatic heterocycles. The van der Waals surface area contributed by atoms with E-state index < -0.39 is 12.9 Å². The van der Waals surface area contributed by atoms with Crippen LogP contribution in [-0.2, 0) is 9.30 Å². The summed E-state index contributed by atoms with van der Waals surface area (Å²) in [7, 11) is -0.279. The van der Waals surface area contributed by atoms with Gasteiger partial charge in [0.05, 0.1) is 11.4 Å². The van der Waals surface area contributed by atoms with E-state index >= 15 is 0 Å². The van der Waals surface area contributed by atoms with E-state index in [-0.39, 0.29) is 0 Å². The van der Waals surface area contributed by atoms with Crippen LogP contribution in [0.25, 0.3) is 0 Å². The molecule has 2 unspecified atom stereocenters. The van der Waals surface area contributed by atoms with Gasteiger partial charge >= 0.3 is 0 Å². The Labute approximate surface area is 213 Å². The van der Waals surface area contributed by atoms with Gasteiger partial charge in [-0.2, -0.15) is 0 Å². The van der Waals surface area contributed by atoms with Crippen molar-refractivity contribution in [2.75, 3.05) is 18.9 Å². The fraction of sp³-hybridized carbons (Fsp3) is 0.654. The Bertz CT molecular complexity index is 971. The molecule has 0 amide bonds. The largest absolute Gasteiger partial charge is 0.464 e. The van der Waals surface area contributed by atoms with Gasteiger partial charge in [-0.3, -0.25) is 9.56 Å². The maximum Gasteiger partial charge on any atom is 0.238 e. The Morgan fingerprint density at radius 1 is 1.23 bits per heavy atom. The van der Waals surface area contributed by atoms with Crippen molar-refractivity contribution in [3.63, 3.8) is 0 Å². The molecule has 1 N–H and O–H groups in total. The summed E-state index contributed by atoms with van der Waals surface area (Å²) in [4.78, 5) is 23.4. The van der Waals surface area contributed by atoms with Crippen molar-refractivity contribution in [2.45, 2.75) is 78.7 Å². The topological polar surface area (TPSA) is 104 Å². The molecule has 194 valence electrons. The van der Waals surface area contributed by atoms with Crippen molar-refractivity contribution < 1.29 is 9.30 Å². The van der Waals surface area contributed by atoms with Gasteiger partial charge < -0.3 is 10.1 Å². The minimum atomic E-state index is -2.89. The lowest BCUT2D eigenvalue weighted by atomic mass is 9.81. The Hall–Kier alpha value is -1.71. The van der Waals surface area contributed by atoms with Crippen LogP contribution < -0.4 is 0 Å². The van der Waals surface area contributed by atoms with E-state index in [1.165, 1.54) is 0 Å². The molecule has 1 heterocycles. The van der Waals surface area contributed by atoms with Crippen molar-refractivity contribution in [3.8, 4) is 0 Å². The maximum absolute atomic E-state index is 12.6. The molecule has 1 saturated carbocycles. The quantitative estimate of drug-likeness (QED) is 0.173. The highest BCUT2D eigenvalue weighted by Gasteiger charge is 2.36. The minimum absolute atomic E-state index is 0.327. The molecule has 9 heteroatoms. The third-order valence-corrected chi connectivity index (χ3v) is 9.28. The normalized spacial score (nSPS) is 26.9. The third kappa shape index (κ3) is 8.43. The van der Waals surface area contributed by atoms with E-state index in [1.807, 2.05) is 39.6 Å². The number of allylic oxidation sites excluding steroid dienone is 4. The zero-order chi connectivity index (χ0) is 26.1. The van der Waals surface area contributed by atoms with E-state index in [2.05, 4.69) is 31.3 Å². The third-order valence-electron chi connectivity index (χ3n) is 6.55. The van der Waals surface area contributed by atoms with Crippen molar-refractivity contribution in [1.82, 2.24) is 0 Å². The molecular formula is C26H42N4O3P2. The number of ether oxygens (including phenoxy) is 1. The lowest BCUT2D eigenvalue weighted by molar-refractivity contribution is 0.132. The van der Waals surface area contributed by atoms with E-state index in [0.29, 0.717) is 48.0 Å². The molecule has 2 rings (SSSR count). The van der Waals surface area contributed by atoms with Gasteiger partial charge in [0.25, 0.3) is 0 Å². The van der Waals surface area contributed by atoms with E-state index in [1.54, 1.807) is 6.92 Å². The van der Waals surface area contributed by atoms with Gasteiger partial charge in [0, 0.05) is 18.9 Å². The molecule has 7 nitrogen and oxygen atoms in total. The number of nitrogens with zero attached hydrogens (tertiary/aromatic N) is 3. The summed E-state index contributed by atoms with van der Waals surface area (Å²) in [6, 6.07) is 0. The first-order valence-electron chi connectivity index (χ1n) is 12.7. The Morgan fingerprint density at radius 3 is 2.43 bits per heavy atom. The Kier molecular flexibility index (Phi) is 11.4. The summed E-state index contributed by atoms with van der Waals surface area (Å²) < 4.78 is 18.8. The van der Waals surface area contributed by atoms with Crippen LogP contribution in [0.5, 0.6) is 0 Å². The van der Waals surface area contributed by atoms with Crippen LogP contribution in [0, 0.1) is 22.2 Å². The van der Waals surface area contributed by atoms with Crippen LogP contribution in [0.4, 0.5) is 0 Å². The highest BCUT2D eigenvalue weighted by atomic mass is 31.2. The first-order valence-corrected chi connectivity index (χ1v) is 15.4. The summed E-state index contributed by atoms with van der Waals surface area (Å²) in [5.41, 5.74) is 1.86. The van der Waals surface area contributed by atoms with Gasteiger partial charge in [0.1, 0.15) is 11.3 Å². The van der Waals surface area contributed by atoms with Crippen molar-refractivity contribution in [1.29, 1.82) is 5.41 Å². The lowest BCUT2D eigenvalue weighted by Gasteiger charge is -2.33. The van der Waals surface area contributed by atoms with Gasteiger partial charge in [0.2, 0.25) is 13.2 Å². The van der Waals surface area contributed by atoms with Gasteiger partial charge in [-0.05, 0) is 88.6 Å². The number of hydrogen-bond donors (Lipinski definition) is 1. The first-order chi connectivity index (χ1) is 16.6. The van der Waals surface area contributed by atoms with Crippen LogP contribution in [0.15, 0.2) is 50.2 Å². The zero-order valence-electron chi connectivity index (χ0n) is 21.9. The fourth-order valence-electron chi connectivity index (χ4n) is 4.81. The van der Waals surface area contributed by atoms with Crippen LogP contribution in [-0.4, -0.2) is 41.8 Å². The predicted molar refractivity (Wildman–Crippen MR) is 152 cm³/mol. The summed E-state index contributed by atoms with van der Waals surface area (Å²) in [5, 5.41) is 8.14. The van der Waals surface area contributed by atoms with Crippen LogP contribution in [0.3, 0.4) is 0 Å². The SMILES string of the molecule is CCCP(=O)(CC1CCC(C/C=C\C(C=CP)=C2N=C(C(C)=N)C(=NCC)OC2(C)C)CC1)N=O. The lowest BCUT2D eigenvalue weighted by Crippen LogP contribution is -2.41. The van der Waals surface area contributed by atoms with Gasteiger partial charge in [0.15, 0.2) is 0 Å². The standard InChI is InChI=1S/C26H42N4O3P2/c1-6-17-35(32,30-31)18-21-13-11-20(12-14-21)9-8-10-22(15-16-34)24-26(4,5)33-25(28-7-2)23(29-24)19(3)27/h8,10,15-16,20-21,27H,6-7,9,11-14,17-18,34H2,1-5H3/b10-8-,16-15?,24-22?,27-19?,28-25?. The van der Waals surface area contributed by atoms with E-state index in [0.717, 1.165) is 49.8 Å².